The van der Waals surface area contributed by atoms with E-state index in [9.17, 15) is 4.39 Å². The number of benzene rings is 2. The highest BCUT2D eigenvalue weighted by molar-refractivity contribution is 9.10. The maximum absolute atomic E-state index is 13.4. The lowest BCUT2D eigenvalue weighted by Gasteiger charge is -2.22. The number of hydrogen-bond acceptors (Lipinski definition) is 2. The maximum Gasteiger partial charge on any atom is 0.139 e. The van der Waals surface area contributed by atoms with Gasteiger partial charge in [-0.3, -0.25) is 0 Å². The topological polar surface area (TPSA) is 29.3 Å². The second kappa shape index (κ2) is 5.92. The van der Waals surface area contributed by atoms with Crippen molar-refractivity contribution in [1.29, 1.82) is 0 Å². The Hall–Kier alpha value is -1.07. The molecule has 0 saturated heterocycles. The van der Waals surface area contributed by atoms with E-state index in [1.54, 1.807) is 6.07 Å². The van der Waals surface area contributed by atoms with Crippen LogP contribution in [-0.4, -0.2) is 7.05 Å². The fourth-order valence-corrected chi connectivity index (χ4v) is 2.59. The van der Waals surface area contributed by atoms with Crippen molar-refractivity contribution in [2.75, 3.05) is 17.7 Å². The molecule has 0 radical (unpaired) electrons. The van der Waals surface area contributed by atoms with Crippen LogP contribution in [0.15, 0.2) is 45.3 Å². The first-order chi connectivity index (χ1) is 8.99. The van der Waals surface area contributed by atoms with Crippen LogP contribution >= 0.6 is 31.9 Å². The molecule has 0 unspecified atom stereocenters. The van der Waals surface area contributed by atoms with Crippen LogP contribution < -0.4 is 10.6 Å². The molecule has 0 aromatic heterocycles. The van der Waals surface area contributed by atoms with Gasteiger partial charge in [-0.1, -0.05) is 34.1 Å². The van der Waals surface area contributed by atoms with Gasteiger partial charge in [-0.15, -0.1) is 0 Å². The average Bonchev–Trinajstić information content (AvgIpc) is 2.36. The molecule has 5 heteroatoms. The summed E-state index contributed by atoms with van der Waals surface area (Å²) in [6, 6.07) is 11.0. The smallest absolute Gasteiger partial charge is 0.139 e. The molecule has 0 saturated carbocycles. The Morgan fingerprint density at radius 1 is 1.16 bits per heavy atom. The molecule has 0 amide bonds. The third-order valence-electron chi connectivity index (χ3n) is 2.85. The molecule has 0 bridgehead atoms. The standard InChI is InChI=1S/C14H13Br2FN2/c1-19(8-9-4-2-3-5-10(9)15)14-6-11(16)12(17)7-13(14)18/h2-7H,8,18H2,1H3. The molecule has 2 nitrogen and oxygen atoms in total. The summed E-state index contributed by atoms with van der Waals surface area (Å²) in [7, 11) is 1.93. The molecule has 2 N–H and O–H groups in total. The van der Waals surface area contributed by atoms with E-state index in [-0.39, 0.29) is 5.82 Å². The monoisotopic (exact) mass is 386 g/mol. The van der Waals surface area contributed by atoms with Gasteiger partial charge in [0, 0.05) is 24.1 Å². The van der Waals surface area contributed by atoms with Crippen molar-refractivity contribution in [2.45, 2.75) is 6.54 Å². The van der Waals surface area contributed by atoms with E-state index in [0.29, 0.717) is 16.7 Å². The van der Waals surface area contributed by atoms with E-state index < -0.39 is 0 Å². The van der Waals surface area contributed by atoms with E-state index in [0.717, 1.165) is 15.7 Å². The van der Waals surface area contributed by atoms with Crippen LogP contribution in [0.1, 0.15) is 5.56 Å². The molecule has 2 aromatic carbocycles. The molecule has 0 heterocycles. The maximum atomic E-state index is 13.4. The Morgan fingerprint density at radius 3 is 2.53 bits per heavy atom. The van der Waals surface area contributed by atoms with Gasteiger partial charge in [-0.05, 0) is 33.6 Å². The second-order valence-electron chi connectivity index (χ2n) is 4.27. The van der Waals surface area contributed by atoms with Gasteiger partial charge in [0.05, 0.1) is 15.8 Å². The van der Waals surface area contributed by atoms with Crippen LogP contribution in [0.5, 0.6) is 0 Å². The molecule has 100 valence electrons. The number of nitrogens with two attached hydrogens (primary N) is 1. The zero-order valence-corrected chi connectivity index (χ0v) is 13.5. The van der Waals surface area contributed by atoms with E-state index >= 15 is 0 Å². The molecule has 0 aliphatic carbocycles. The Morgan fingerprint density at radius 2 is 1.84 bits per heavy atom. The summed E-state index contributed by atoms with van der Waals surface area (Å²) in [5.41, 5.74) is 8.23. The molecule has 2 rings (SSSR count). The van der Waals surface area contributed by atoms with Gasteiger partial charge in [-0.25, -0.2) is 4.39 Å². The minimum Gasteiger partial charge on any atom is -0.397 e. The van der Waals surface area contributed by atoms with Crippen LogP contribution in [0.3, 0.4) is 0 Å². The van der Waals surface area contributed by atoms with Gasteiger partial charge in [0.1, 0.15) is 5.82 Å². The van der Waals surface area contributed by atoms with Crippen LogP contribution in [0.25, 0.3) is 0 Å². The van der Waals surface area contributed by atoms with Crippen molar-refractivity contribution in [3.8, 4) is 0 Å². The molecule has 0 aliphatic heterocycles. The van der Waals surface area contributed by atoms with Crippen molar-refractivity contribution in [3.63, 3.8) is 0 Å². The van der Waals surface area contributed by atoms with Gasteiger partial charge in [0.2, 0.25) is 0 Å². The summed E-state index contributed by atoms with van der Waals surface area (Å²) < 4.78 is 14.8. The molecule has 0 spiro atoms. The summed E-state index contributed by atoms with van der Waals surface area (Å²) in [6.07, 6.45) is 0. The average molecular weight is 388 g/mol. The fraction of sp³-hybridized carbons (Fsp3) is 0.143. The predicted molar refractivity (Wildman–Crippen MR) is 84.8 cm³/mol. The minimum atomic E-state index is -0.351. The second-order valence-corrected chi connectivity index (χ2v) is 5.98. The third kappa shape index (κ3) is 3.28. The minimum absolute atomic E-state index is 0.351. The molecule has 19 heavy (non-hydrogen) atoms. The Bertz CT molecular complexity index is 602. The van der Waals surface area contributed by atoms with Crippen LogP contribution in [0, 0.1) is 5.82 Å². The normalized spacial score (nSPS) is 10.5. The van der Waals surface area contributed by atoms with Crippen molar-refractivity contribution < 1.29 is 4.39 Å². The lowest BCUT2D eigenvalue weighted by atomic mass is 10.2. The number of halogens is 3. The number of nitrogens with zero attached hydrogens (tertiary/aromatic N) is 1. The summed E-state index contributed by atoms with van der Waals surface area (Å²) in [5, 5.41) is 0. The summed E-state index contributed by atoms with van der Waals surface area (Å²) in [5.74, 6) is -0.351. The van der Waals surface area contributed by atoms with E-state index in [1.165, 1.54) is 6.07 Å². The Kier molecular flexibility index (Phi) is 4.47. The van der Waals surface area contributed by atoms with Crippen LogP contribution in [0.2, 0.25) is 0 Å². The number of anilines is 2. The summed E-state index contributed by atoms with van der Waals surface area (Å²) >= 11 is 6.70. The van der Waals surface area contributed by atoms with E-state index in [2.05, 4.69) is 31.9 Å². The van der Waals surface area contributed by atoms with Crippen LogP contribution in [0.4, 0.5) is 15.8 Å². The highest BCUT2D eigenvalue weighted by Crippen LogP contribution is 2.30. The fourth-order valence-electron chi connectivity index (χ4n) is 1.85. The molecule has 0 atom stereocenters. The highest BCUT2D eigenvalue weighted by atomic mass is 79.9. The zero-order valence-electron chi connectivity index (χ0n) is 10.3. The SMILES string of the molecule is CN(Cc1ccccc1Br)c1cc(Br)c(F)cc1N. The number of nitrogen functional groups attached to an aromatic ring is 1. The lowest BCUT2D eigenvalue weighted by Crippen LogP contribution is -2.18. The largest absolute Gasteiger partial charge is 0.397 e. The number of hydrogen-bond donors (Lipinski definition) is 1. The summed E-state index contributed by atoms with van der Waals surface area (Å²) in [4.78, 5) is 1.99. The molecular formula is C14H13Br2FN2. The van der Waals surface area contributed by atoms with E-state index in [1.807, 2.05) is 36.2 Å². The van der Waals surface area contributed by atoms with Crippen molar-refractivity contribution >= 4 is 43.2 Å². The van der Waals surface area contributed by atoms with Crippen LogP contribution in [-0.2, 0) is 6.54 Å². The third-order valence-corrected chi connectivity index (χ3v) is 4.23. The van der Waals surface area contributed by atoms with Gasteiger partial charge in [-0.2, -0.15) is 0 Å². The van der Waals surface area contributed by atoms with Gasteiger partial charge in [0.25, 0.3) is 0 Å². The predicted octanol–water partition coefficient (Wildman–Crippen LogP) is 4.57. The Balaban J connectivity index is 2.28. The molecule has 2 aromatic rings. The molecular weight excluding hydrogens is 375 g/mol. The first-order valence-electron chi connectivity index (χ1n) is 5.68. The van der Waals surface area contributed by atoms with E-state index in [4.69, 9.17) is 5.73 Å². The van der Waals surface area contributed by atoms with Crippen molar-refractivity contribution in [3.05, 3.63) is 56.7 Å². The number of rotatable bonds is 3. The van der Waals surface area contributed by atoms with Crippen molar-refractivity contribution in [2.24, 2.45) is 0 Å². The van der Waals surface area contributed by atoms with Gasteiger partial charge in [0.15, 0.2) is 0 Å². The summed E-state index contributed by atoms with van der Waals surface area (Å²) in [6.45, 7) is 0.684. The highest BCUT2D eigenvalue weighted by Gasteiger charge is 2.11. The first-order valence-corrected chi connectivity index (χ1v) is 7.26. The Labute approximate surface area is 128 Å². The molecule has 0 fully saturated rings. The van der Waals surface area contributed by atoms with Gasteiger partial charge >= 0.3 is 0 Å². The van der Waals surface area contributed by atoms with Gasteiger partial charge < -0.3 is 10.6 Å². The zero-order chi connectivity index (χ0) is 14.0. The molecule has 0 aliphatic rings. The first kappa shape index (κ1) is 14.3. The lowest BCUT2D eigenvalue weighted by molar-refractivity contribution is 0.621. The van der Waals surface area contributed by atoms with Crippen molar-refractivity contribution in [1.82, 2.24) is 0 Å². The quantitative estimate of drug-likeness (QED) is 0.781.